The van der Waals surface area contributed by atoms with E-state index in [1.807, 2.05) is 0 Å². The number of hydrogen-bond acceptors (Lipinski definition) is 5. The van der Waals surface area contributed by atoms with Gasteiger partial charge in [0.1, 0.15) is 15.4 Å². The van der Waals surface area contributed by atoms with Crippen molar-refractivity contribution in [3.05, 3.63) is 0 Å². The molecular formula is C9H18N2O4S. The van der Waals surface area contributed by atoms with E-state index in [2.05, 4.69) is 5.32 Å². The molecule has 1 atom stereocenters. The molecule has 1 heterocycles. The van der Waals surface area contributed by atoms with Gasteiger partial charge in [-0.2, -0.15) is 0 Å². The van der Waals surface area contributed by atoms with Crippen LogP contribution in [0.2, 0.25) is 0 Å². The number of nitrogens with one attached hydrogen (secondary N) is 1. The summed E-state index contributed by atoms with van der Waals surface area (Å²) in [7, 11) is -2.96. The highest BCUT2D eigenvalue weighted by atomic mass is 32.2. The van der Waals surface area contributed by atoms with Crippen LogP contribution in [0.25, 0.3) is 0 Å². The lowest BCUT2D eigenvalue weighted by atomic mass is 9.99. The van der Waals surface area contributed by atoms with Gasteiger partial charge in [-0.15, -0.1) is 0 Å². The van der Waals surface area contributed by atoms with Gasteiger partial charge in [0.15, 0.2) is 0 Å². The van der Waals surface area contributed by atoms with Crippen LogP contribution in [0.5, 0.6) is 0 Å². The van der Waals surface area contributed by atoms with Gasteiger partial charge in [0.25, 0.3) is 0 Å². The molecule has 0 spiro atoms. The summed E-state index contributed by atoms with van der Waals surface area (Å²) in [5, 5.41) is 2.63. The van der Waals surface area contributed by atoms with Crippen LogP contribution in [0.1, 0.15) is 12.8 Å². The Bertz CT molecular complexity index is 347. The molecule has 0 aromatic rings. The zero-order chi connectivity index (χ0) is 12.2. The van der Waals surface area contributed by atoms with E-state index in [9.17, 15) is 13.2 Å². The lowest BCUT2D eigenvalue weighted by molar-refractivity contribution is -0.126. The number of nitrogens with two attached hydrogens (primary N) is 1. The van der Waals surface area contributed by atoms with Gasteiger partial charge in [0.2, 0.25) is 5.91 Å². The number of rotatable bonds is 5. The van der Waals surface area contributed by atoms with Crippen LogP contribution < -0.4 is 11.1 Å². The molecule has 1 amide bonds. The molecule has 1 aliphatic rings. The van der Waals surface area contributed by atoms with E-state index >= 15 is 0 Å². The number of carbonyl (C=O) groups excluding carboxylic acids is 1. The Balaban J connectivity index is 2.25. The van der Waals surface area contributed by atoms with Gasteiger partial charge in [0, 0.05) is 19.4 Å². The first kappa shape index (κ1) is 13.4. The monoisotopic (exact) mass is 250 g/mol. The van der Waals surface area contributed by atoms with Gasteiger partial charge in [0.05, 0.1) is 12.4 Å². The van der Waals surface area contributed by atoms with Crippen LogP contribution in [0.4, 0.5) is 0 Å². The summed E-state index contributed by atoms with van der Waals surface area (Å²) in [4.78, 5) is 11.6. The fraction of sp³-hybridized carbons (Fsp3) is 0.889. The standard InChI is InChI=1S/C9H18N2O4S/c1-16(13,14)6-2-4-11-8(12)9(10)3-5-15-7-9/h2-7,10H2,1H3,(H,11,12). The van der Waals surface area contributed by atoms with Gasteiger partial charge < -0.3 is 15.8 Å². The minimum absolute atomic E-state index is 0.0708. The third-order valence-corrected chi connectivity index (χ3v) is 3.51. The molecule has 1 fully saturated rings. The van der Waals surface area contributed by atoms with E-state index in [0.29, 0.717) is 26.0 Å². The Kier molecular flexibility index (Phi) is 4.28. The van der Waals surface area contributed by atoms with Crippen LogP contribution in [-0.4, -0.2) is 51.6 Å². The quantitative estimate of drug-likeness (QED) is 0.588. The van der Waals surface area contributed by atoms with Crippen molar-refractivity contribution in [2.24, 2.45) is 5.73 Å². The molecule has 16 heavy (non-hydrogen) atoms. The van der Waals surface area contributed by atoms with Crippen molar-refractivity contribution in [1.82, 2.24) is 5.32 Å². The normalized spacial score (nSPS) is 25.6. The highest BCUT2D eigenvalue weighted by Gasteiger charge is 2.37. The summed E-state index contributed by atoms with van der Waals surface area (Å²) in [6.07, 6.45) is 2.08. The van der Waals surface area contributed by atoms with Gasteiger partial charge in [-0.25, -0.2) is 8.42 Å². The largest absolute Gasteiger partial charge is 0.379 e. The summed E-state index contributed by atoms with van der Waals surface area (Å²) >= 11 is 0. The van der Waals surface area contributed by atoms with Crippen molar-refractivity contribution >= 4 is 15.7 Å². The number of carbonyl (C=O) groups is 1. The van der Waals surface area contributed by atoms with E-state index in [1.165, 1.54) is 6.26 Å². The summed E-state index contributed by atoms with van der Waals surface area (Å²) in [6.45, 7) is 1.04. The summed E-state index contributed by atoms with van der Waals surface area (Å²) < 4.78 is 26.7. The molecule has 0 aliphatic carbocycles. The number of ether oxygens (including phenoxy) is 1. The van der Waals surface area contributed by atoms with Gasteiger partial charge >= 0.3 is 0 Å². The maximum absolute atomic E-state index is 11.6. The smallest absolute Gasteiger partial charge is 0.242 e. The number of hydrogen-bond donors (Lipinski definition) is 2. The van der Waals surface area contributed by atoms with E-state index in [0.717, 1.165) is 0 Å². The molecule has 6 nitrogen and oxygen atoms in total. The molecule has 0 aromatic heterocycles. The van der Waals surface area contributed by atoms with E-state index < -0.39 is 15.4 Å². The van der Waals surface area contributed by atoms with Crippen molar-refractivity contribution in [3.8, 4) is 0 Å². The minimum Gasteiger partial charge on any atom is -0.379 e. The Hall–Kier alpha value is -0.660. The van der Waals surface area contributed by atoms with Gasteiger partial charge in [-0.1, -0.05) is 0 Å². The van der Waals surface area contributed by atoms with Crippen molar-refractivity contribution in [1.29, 1.82) is 0 Å². The molecule has 1 unspecified atom stereocenters. The molecule has 1 aliphatic heterocycles. The molecule has 0 radical (unpaired) electrons. The maximum atomic E-state index is 11.6. The predicted octanol–water partition coefficient (Wildman–Crippen LogP) is -1.34. The molecule has 0 aromatic carbocycles. The Morgan fingerprint density at radius 3 is 2.75 bits per heavy atom. The molecule has 94 valence electrons. The first-order chi connectivity index (χ1) is 7.33. The van der Waals surface area contributed by atoms with Crippen LogP contribution in [0.15, 0.2) is 0 Å². The van der Waals surface area contributed by atoms with E-state index in [4.69, 9.17) is 10.5 Å². The highest BCUT2D eigenvalue weighted by molar-refractivity contribution is 7.90. The fourth-order valence-electron chi connectivity index (χ4n) is 1.47. The Labute approximate surface area is 95.4 Å². The second-order valence-corrected chi connectivity index (χ2v) is 6.46. The zero-order valence-corrected chi connectivity index (χ0v) is 10.2. The van der Waals surface area contributed by atoms with Crippen molar-refractivity contribution in [2.45, 2.75) is 18.4 Å². The van der Waals surface area contributed by atoms with Crippen molar-refractivity contribution in [2.75, 3.05) is 31.8 Å². The number of amides is 1. The Morgan fingerprint density at radius 1 is 1.56 bits per heavy atom. The van der Waals surface area contributed by atoms with Crippen LogP contribution in [0, 0.1) is 0 Å². The van der Waals surface area contributed by atoms with Crippen molar-refractivity contribution < 1.29 is 17.9 Å². The minimum atomic E-state index is -2.96. The third-order valence-electron chi connectivity index (χ3n) is 2.48. The Morgan fingerprint density at radius 2 is 2.25 bits per heavy atom. The number of sulfone groups is 1. The van der Waals surface area contributed by atoms with E-state index in [1.54, 1.807) is 0 Å². The summed E-state index contributed by atoms with van der Waals surface area (Å²) in [5.74, 6) is -0.194. The predicted molar refractivity (Wildman–Crippen MR) is 59.7 cm³/mol. The lowest BCUT2D eigenvalue weighted by Crippen LogP contribution is -2.54. The first-order valence-electron chi connectivity index (χ1n) is 5.16. The molecule has 1 saturated heterocycles. The van der Waals surface area contributed by atoms with Gasteiger partial charge in [-0.3, -0.25) is 4.79 Å². The molecule has 0 saturated carbocycles. The average molecular weight is 250 g/mol. The van der Waals surface area contributed by atoms with E-state index in [-0.39, 0.29) is 18.3 Å². The van der Waals surface area contributed by atoms with Crippen LogP contribution in [0.3, 0.4) is 0 Å². The molecular weight excluding hydrogens is 232 g/mol. The van der Waals surface area contributed by atoms with Crippen LogP contribution >= 0.6 is 0 Å². The topological polar surface area (TPSA) is 98.5 Å². The SMILES string of the molecule is CS(=O)(=O)CCCNC(=O)C1(N)CCOC1. The highest BCUT2D eigenvalue weighted by Crippen LogP contribution is 2.15. The maximum Gasteiger partial charge on any atom is 0.242 e. The lowest BCUT2D eigenvalue weighted by Gasteiger charge is -2.20. The second kappa shape index (κ2) is 5.11. The summed E-state index contributed by atoms with van der Waals surface area (Å²) in [6, 6.07) is 0. The van der Waals surface area contributed by atoms with Crippen LogP contribution in [-0.2, 0) is 19.4 Å². The van der Waals surface area contributed by atoms with Crippen molar-refractivity contribution in [3.63, 3.8) is 0 Å². The first-order valence-corrected chi connectivity index (χ1v) is 7.22. The third kappa shape index (κ3) is 4.07. The summed E-state index contributed by atoms with van der Waals surface area (Å²) in [5.41, 5.74) is 4.88. The molecule has 3 N–H and O–H groups in total. The molecule has 1 rings (SSSR count). The fourth-order valence-corrected chi connectivity index (χ4v) is 2.14. The molecule has 0 bridgehead atoms. The average Bonchev–Trinajstić information content (AvgIpc) is 2.59. The molecule has 7 heteroatoms. The zero-order valence-electron chi connectivity index (χ0n) is 9.36. The van der Waals surface area contributed by atoms with Gasteiger partial charge in [-0.05, 0) is 12.8 Å². The second-order valence-electron chi connectivity index (χ2n) is 4.20.